The molecule has 11 heteroatoms. The summed E-state index contributed by atoms with van der Waals surface area (Å²) in [6.45, 7) is 6.36. The number of anilines is 1. The van der Waals surface area contributed by atoms with Crippen molar-refractivity contribution in [3.63, 3.8) is 0 Å². The molecule has 1 spiro atoms. The summed E-state index contributed by atoms with van der Waals surface area (Å²) in [4.78, 5) is 57.3. The second kappa shape index (κ2) is 11.8. The van der Waals surface area contributed by atoms with Gasteiger partial charge in [-0.2, -0.15) is 9.78 Å². The van der Waals surface area contributed by atoms with E-state index in [2.05, 4.69) is 5.10 Å². The standard InChI is InChI=1S/C36H40N4O6Si/c1-23-33(47(2,3)45)31(19-32(42)38-17-9-13-27(38)22-41)46-36(23)29-18-26(40-34(43)28-14-8-7-12-25(28)20-37-40)15-16-30(29)39(35(36)44)21-24-10-5-4-6-11-24/h4-8,10-12,14-16,18,20,23,27,31,33,41,45H,9,13,17,19,21-22H2,1-3H3/t23-,27+,31+,33-,36+/m1/s1. The molecule has 3 aliphatic heterocycles. The van der Waals surface area contributed by atoms with Crippen molar-refractivity contribution in [3.05, 3.63) is 100 Å². The SMILES string of the molecule is C[C@@H]1[C@@H]([Si](C)(C)O)[C@H](CC(=O)N2CCC[C@H]2CO)O[C@@]12C(=O)N(Cc1ccccc1)c1ccc(-n3ncc4ccccc4c3=O)cc12. The van der Waals surface area contributed by atoms with E-state index in [9.17, 15) is 24.3 Å². The summed E-state index contributed by atoms with van der Waals surface area (Å²) >= 11 is 0. The number of ether oxygens (including phenoxy) is 1. The van der Waals surface area contributed by atoms with Crippen LogP contribution >= 0.6 is 0 Å². The van der Waals surface area contributed by atoms with Gasteiger partial charge in [0, 0.05) is 29.0 Å². The van der Waals surface area contributed by atoms with Crippen LogP contribution in [0.4, 0.5) is 5.69 Å². The lowest BCUT2D eigenvalue weighted by Crippen LogP contribution is -2.46. The zero-order valence-corrected chi connectivity index (χ0v) is 27.9. The predicted octanol–water partition coefficient (Wildman–Crippen LogP) is 4.10. The van der Waals surface area contributed by atoms with Crippen molar-refractivity contribution in [2.75, 3.05) is 18.1 Å². The monoisotopic (exact) mass is 652 g/mol. The highest BCUT2D eigenvalue weighted by atomic mass is 28.4. The predicted molar refractivity (Wildman–Crippen MR) is 181 cm³/mol. The number of aliphatic hydroxyl groups is 1. The van der Waals surface area contributed by atoms with Gasteiger partial charge >= 0.3 is 0 Å². The first-order valence-corrected chi connectivity index (χ1v) is 19.4. The molecule has 2 saturated heterocycles. The molecule has 5 atom stereocenters. The molecule has 0 radical (unpaired) electrons. The van der Waals surface area contributed by atoms with Crippen LogP contribution in [0.15, 0.2) is 83.8 Å². The third-order valence-corrected chi connectivity index (χ3v) is 12.9. The van der Waals surface area contributed by atoms with Gasteiger partial charge in [-0.25, -0.2) is 0 Å². The molecule has 2 fully saturated rings. The van der Waals surface area contributed by atoms with Gasteiger partial charge in [-0.05, 0) is 55.8 Å². The van der Waals surface area contributed by atoms with E-state index >= 15 is 0 Å². The molecule has 0 bridgehead atoms. The van der Waals surface area contributed by atoms with Gasteiger partial charge in [-0.15, -0.1) is 0 Å². The first-order chi connectivity index (χ1) is 22.5. The summed E-state index contributed by atoms with van der Waals surface area (Å²) in [6.07, 6.45) is 2.48. The number of aromatic nitrogens is 2. The summed E-state index contributed by atoms with van der Waals surface area (Å²) in [5, 5.41) is 15.6. The van der Waals surface area contributed by atoms with Crippen molar-refractivity contribution >= 4 is 36.6 Å². The number of aliphatic hydroxyl groups excluding tert-OH is 1. The number of benzene rings is 3. The summed E-state index contributed by atoms with van der Waals surface area (Å²) in [5.74, 6) is -0.887. The summed E-state index contributed by atoms with van der Waals surface area (Å²) < 4.78 is 8.26. The van der Waals surface area contributed by atoms with Gasteiger partial charge in [-0.3, -0.25) is 14.4 Å². The van der Waals surface area contributed by atoms with Gasteiger partial charge in [-0.1, -0.05) is 55.5 Å². The Morgan fingerprint density at radius 2 is 1.81 bits per heavy atom. The third-order valence-electron chi connectivity index (χ3n) is 10.4. The minimum absolute atomic E-state index is 0.00305. The number of amides is 2. The molecule has 10 nitrogen and oxygen atoms in total. The molecular weight excluding hydrogens is 613 g/mol. The smallest absolute Gasteiger partial charge is 0.279 e. The van der Waals surface area contributed by atoms with Crippen LogP contribution in [-0.2, 0) is 26.5 Å². The van der Waals surface area contributed by atoms with Crippen molar-refractivity contribution in [2.24, 2.45) is 5.92 Å². The fourth-order valence-corrected chi connectivity index (χ4v) is 10.8. The minimum Gasteiger partial charge on any atom is -0.432 e. The lowest BCUT2D eigenvalue weighted by Gasteiger charge is -2.33. The van der Waals surface area contributed by atoms with Crippen LogP contribution in [0.5, 0.6) is 0 Å². The zero-order chi connectivity index (χ0) is 33.1. The van der Waals surface area contributed by atoms with Crippen molar-refractivity contribution in [3.8, 4) is 5.69 Å². The second-order valence-corrected chi connectivity index (χ2v) is 17.6. The number of nitrogens with zero attached hydrogens (tertiary/aromatic N) is 4. The van der Waals surface area contributed by atoms with Crippen LogP contribution in [0, 0.1) is 5.92 Å². The Hall–Kier alpha value is -4.16. The van der Waals surface area contributed by atoms with Gasteiger partial charge in [0.15, 0.2) is 13.9 Å². The molecule has 7 rings (SSSR count). The quantitative estimate of drug-likeness (QED) is 0.288. The second-order valence-electron chi connectivity index (χ2n) is 13.7. The number of carbonyl (C=O) groups is 2. The molecular formula is C36H40N4O6Si. The van der Waals surface area contributed by atoms with Crippen molar-refractivity contribution in [1.29, 1.82) is 0 Å². The summed E-state index contributed by atoms with van der Waals surface area (Å²) in [7, 11) is -3.02. The highest BCUT2D eigenvalue weighted by Gasteiger charge is 2.66. The van der Waals surface area contributed by atoms with Crippen LogP contribution in [0.25, 0.3) is 16.5 Å². The molecule has 2 N–H and O–H groups in total. The number of hydrogen-bond donors (Lipinski definition) is 2. The zero-order valence-electron chi connectivity index (χ0n) is 26.9. The van der Waals surface area contributed by atoms with E-state index in [-0.39, 0.29) is 36.4 Å². The number of hydrogen-bond acceptors (Lipinski definition) is 7. The molecule has 4 aromatic rings. The fraction of sp³-hybridized carbons (Fsp3) is 0.389. The Labute approximate surface area is 274 Å². The van der Waals surface area contributed by atoms with Crippen molar-refractivity contribution in [2.45, 2.75) is 69.1 Å². The Balaban J connectivity index is 1.35. The first-order valence-electron chi connectivity index (χ1n) is 16.3. The lowest BCUT2D eigenvalue weighted by atomic mass is 9.82. The van der Waals surface area contributed by atoms with Gasteiger partial charge < -0.3 is 24.4 Å². The number of carbonyl (C=O) groups excluding carboxylic acids is 2. The van der Waals surface area contributed by atoms with E-state index in [4.69, 9.17) is 4.74 Å². The fourth-order valence-electron chi connectivity index (χ4n) is 8.24. The van der Waals surface area contributed by atoms with Gasteiger partial charge in [0.05, 0.1) is 54.7 Å². The number of fused-ring (bicyclic) bond motifs is 3. The number of rotatable bonds is 7. The molecule has 47 heavy (non-hydrogen) atoms. The van der Waals surface area contributed by atoms with Crippen LogP contribution < -0.4 is 10.5 Å². The molecule has 244 valence electrons. The highest BCUT2D eigenvalue weighted by Crippen LogP contribution is 2.60. The average molecular weight is 653 g/mol. The highest BCUT2D eigenvalue weighted by molar-refractivity contribution is 6.71. The van der Waals surface area contributed by atoms with E-state index in [0.29, 0.717) is 35.4 Å². The van der Waals surface area contributed by atoms with Gasteiger partial charge in [0.1, 0.15) is 0 Å². The van der Waals surface area contributed by atoms with E-state index in [0.717, 1.165) is 23.8 Å². The van der Waals surface area contributed by atoms with E-state index in [1.165, 1.54) is 4.68 Å². The molecule has 3 aromatic carbocycles. The van der Waals surface area contributed by atoms with E-state index < -0.39 is 31.5 Å². The van der Waals surface area contributed by atoms with Crippen LogP contribution in [-0.4, -0.2) is 70.0 Å². The molecule has 0 unspecified atom stereocenters. The molecule has 4 heterocycles. The Morgan fingerprint density at radius 3 is 2.55 bits per heavy atom. The third kappa shape index (κ3) is 5.12. The lowest BCUT2D eigenvalue weighted by molar-refractivity contribution is -0.150. The minimum atomic E-state index is -3.02. The maximum absolute atomic E-state index is 14.9. The van der Waals surface area contributed by atoms with E-state index in [1.54, 1.807) is 28.1 Å². The topological polar surface area (TPSA) is 125 Å². The Kier molecular flexibility index (Phi) is 7.90. The molecule has 0 aliphatic carbocycles. The molecule has 1 aromatic heterocycles. The Bertz CT molecular complexity index is 1910. The largest absolute Gasteiger partial charge is 0.432 e. The summed E-state index contributed by atoms with van der Waals surface area (Å²) in [5.41, 5.74) is 0.463. The normalized spacial score (nSPS) is 25.7. The van der Waals surface area contributed by atoms with Crippen molar-refractivity contribution < 1.29 is 24.2 Å². The first kappa shape index (κ1) is 31.4. The molecule has 3 aliphatic rings. The summed E-state index contributed by atoms with van der Waals surface area (Å²) in [6, 6.07) is 22.2. The Morgan fingerprint density at radius 1 is 1.06 bits per heavy atom. The van der Waals surface area contributed by atoms with Gasteiger partial charge in [0.2, 0.25) is 5.91 Å². The van der Waals surface area contributed by atoms with Crippen LogP contribution in [0.2, 0.25) is 18.6 Å². The number of likely N-dealkylation sites (tertiary alicyclic amines) is 1. The average Bonchev–Trinajstić information content (AvgIpc) is 3.72. The van der Waals surface area contributed by atoms with Gasteiger partial charge in [0.25, 0.3) is 11.5 Å². The molecule has 0 saturated carbocycles. The molecule has 2 amide bonds. The maximum Gasteiger partial charge on any atom is 0.279 e. The maximum atomic E-state index is 14.9. The van der Waals surface area contributed by atoms with E-state index in [1.807, 2.05) is 80.7 Å². The van der Waals surface area contributed by atoms with Crippen LogP contribution in [0.1, 0.15) is 37.3 Å². The van der Waals surface area contributed by atoms with Crippen LogP contribution in [0.3, 0.4) is 0 Å². The van der Waals surface area contributed by atoms with Crippen molar-refractivity contribution in [1.82, 2.24) is 14.7 Å².